The van der Waals surface area contributed by atoms with E-state index >= 15 is 0 Å². The van der Waals surface area contributed by atoms with E-state index in [2.05, 4.69) is 82.3 Å². The maximum atomic E-state index is 9.94. The minimum atomic E-state index is -0.602. The Morgan fingerprint density at radius 1 is 0.621 bits per heavy atom. The summed E-state index contributed by atoms with van der Waals surface area (Å²) in [6.45, 7) is 0. The van der Waals surface area contributed by atoms with Gasteiger partial charge in [0.25, 0.3) is 0 Å². The van der Waals surface area contributed by atoms with Crippen LogP contribution in [0.3, 0.4) is 0 Å². The predicted octanol–water partition coefficient (Wildman–Crippen LogP) is 5.58. The highest BCUT2D eigenvalue weighted by Crippen LogP contribution is 2.42. The molecule has 0 atom stereocenters. The molecule has 0 saturated carbocycles. The fourth-order valence-corrected chi connectivity index (χ4v) is 4.22. The van der Waals surface area contributed by atoms with Crippen molar-refractivity contribution in [2.24, 2.45) is 0 Å². The number of rotatable bonds is 4. The third-order valence-electron chi connectivity index (χ3n) is 5.47. The number of phenols is 1. The summed E-state index contributed by atoms with van der Waals surface area (Å²) in [5.41, 5.74) is 4.55. The lowest BCUT2D eigenvalue weighted by atomic mass is 9.76. The number of phenolic OH excluding ortho intramolecular Hbond substituents is 1. The Morgan fingerprint density at radius 3 is 1.59 bits per heavy atom. The molecule has 3 heteroatoms. The first-order valence-electron chi connectivity index (χ1n) is 9.63. The van der Waals surface area contributed by atoms with Crippen LogP contribution in [0.4, 0.5) is 0 Å². The lowest BCUT2D eigenvalue weighted by molar-refractivity contribution is 0.476. The molecule has 0 radical (unpaired) electrons. The first-order chi connectivity index (χ1) is 14.3. The van der Waals surface area contributed by atoms with Gasteiger partial charge >= 0.3 is 0 Å². The molecular formula is C26H20N2O. The molecule has 4 aromatic carbocycles. The second kappa shape index (κ2) is 6.95. The van der Waals surface area contributed by atoms with E-state index in [1.165, 1.54) is 0 Å². The number of hydrogen-bond donors (Lipinski definition) is 1. The van der Waals surface area contributed by atoms with Crippen molar-refractivity contribution in [3.05, 3.63) is 132 Å². The maximum absolute atomic E-state index is 9.94. The molecule has 1 N–H and O–H groups in total. The van der Waals surface area contributed by atoms with E-state index < -0.39 is 5.54 Å². The summed E-state index contributed by atoms with van der Waals surface area (Å²) >= 11 is 0. The standard InChI is InChI=1S/C26H20N2O/c29-23-16-17-25-24(18-23)27-19-28(25)26(20-10-4-1-5-11-20,21-12-6-2-7-13-21)22-14-8-3-9-15-22/h1-19,29H. The second-order valence-electron chi connectivity index (χ2n) is 7.10. The molecule has 1 aromatic heterocycles. The number of benzene rings is 4. The van der Waals surface area contributed by atoms with E-state index in [0.717, 1.165) is 27.7 Å². The second-order valence-corrected chi connectivity index (χ2v) is 7.10. The van der Waals surface area contributed by atoms with Gasteiger partial charge in [0.05, 0.1) is 17.4 Å². The van der Waals surface area contributed by atoms with Crippen LogP contribution < -0.4 is 0 Å². The molecule has 0 bridgehead atoms. The van der Waals surface area contributed by atoms with Crippen molar-refractivity contribution < 1.29 is 5.11 Å². The monoisotopic (exact) mass is 376 g/mol. The van der Waals surface area contributed by atoms with Crippen LogP contribution in [0.5, 0.6) is 5.75 Å². The summed E-state index contributed by atoms with van der Waals surface area (Å²) in [6.07, 6.45) is 1.87. The van der Waals surface area contributed by atoms with Crippen molar-refractivity contribution in [3.8, 4) is 5.75 Å². The Labute approximate surface area is 169 Å². The average Bonchev–Trinajstić information content (AvgIpc) is 3.20. The van der Waals surface area contributed by atoms with Crippen LogP contribution in [0.1, 0.15) is 16.7 Å². The molecule has 0 aliphatic carbocycles. The van der Waals surface area contributed by atoms with E-state index in [0.29, 0.717) is 0 Å². The molecule has 29 heavy (non-hydrogen) atoms. The van der Waals surface area contributed by atoms with Gasteiger partial charge in [0, 0.05) is 6.07 Å². The smallest absolute Gasteiger partial charge is 0.122 e. The summed E-state index contributed by atoms with van der Waals surface area (Å²) in [6, 6.07) is 36.8. The van der Waals surface area contributed by atoms with E-state index in [1.54, 1.807) is 12.1 Å². The van der Waals surface area contributed by atoms with Crippen LogP contribution >= 0.6 is 0 Å². The summed E-state index contributed by atoms with van der Waals surface area (Å²) in [5.74, 6) is 0.215. The third-order valence-corrected chi connectivity index (χ3v) is 5.47. The molecule has 5 rings (SSSR count). The molecule has 1 heterocycles. The van der Waals surface area contributed by atoms with Crippen molar-refractivity contribution in [2.75, 3.05) is 0 Å². The highest BCUT2D eigenvalue weighted by Gasteiger charge is 2.39. The Bertz CT molecular complexity index is 1150. The van der Waals surface area contributed by atoms with Gasteiger partial charge in [0.15, 0.2) is 0 Å². The van der Waals surface area contributed by atoms with E-state index in [4.69, 9.17) is 0 Å². The van der Waals surface area contributed by atoms with Crippen LogP contribution in [0, 0.1) is 0 Å². The first kappa shape index (κ1) is 17.3. The summed E-state index contributed by atoms with van der Waals surface area (Å²) in [4.78, 5) is 4.62. The van der Waals surface area contributed by atoms with Crippen molar-refractivity contribution >= 4 is 11.0 Å². The fourth-order valence-electron chi connectivity index (χ4n) is 4.22. The number of aromatic hydroxyl groups is 1. The quantitative estimate of drug-likeness (QED) is 0.416. The van der Waals surface area contributed by atoms with E-state index in [1.807, 2.05) is 30.6 Å². The van der Waals surface area contributed by atoms with Crippen molar-refractivity contribution in [2.45, 2.75) is 5.54 Å². The van der Waals surface area contributed by atoms with Crippen molar-refractivity contribution in [3.63, 3.8) is 0 Å². The van der Waals surface area contributed by atoms with Gasteiger partial charge in [-0.1, -0.05) is 91.0 Å². The predicted molar refractivity (Wildman–Crippen MR) is 116 cm³/mol. The molecule has 0 aliphatic heterocycles. The van der Waals surface area contributed by atoms with Gasteiger partial charge in [-0.2, -0.15) is 0 Å². The van der Waals surface area contributed by atoms with Crippen LogP contribution in [0.15, 0.2) is 116 Å². The SMILES string of the molecule is Oc1ccc2c(c1)ncn2C(c1ccccc1)(c1ccccc1)c1ccccc1. The topological polar surface area (TPSA) is 38.1 Å². The normalized spacial score (nSPS) is 11.6. The number of hydrogen-bond acceptors (Lipinski definition) is 2. The molecule has 0 fully saturated rings. The largest absolute Gasteiger partial charge is 0.508 e. The zero-order chi connectivity index (χ0) is 19.7. The highest BCUT2D eigenvalue weighted by atomic mass is 16.3. The Kier molecular flexibility index (Phi) is 4.14. The lowest BCUT2D eigenvalue weighted by Gasteiger charge is -2.38. The molecule has 0 spiro atoms. The van der Waals surface area contributed by atoms with Gasteiger partial charge in [-0.15, -0.1) is 0 Å². The van der Waals surface area contributed by atoms with E-state index in [-0.39, 0.29) is 5.75 Å². The van der Waals surface area contributed by atoms with Gasteiger partial charge in [-0.05, 0) is 28.8 Å². The summed E-state index contributed by atoms with van der Waals surface area (Å²) in [7, 11) is 0. The lowest BCUT2D eigenvalue weighted by Crippen LogP contribution is -2.37. The Balaban J connectivity index is 1.95. The number of aromatic nitrogens is 2. The molecule has 0 saturated heterocycles. The van der Waals surface area contributed by atoms with Gasteiger partial charge in [0.1, 0.15) is 11.3 Å². The zero-order valence-corrected chi connectivity index (χ0v) is 15.8. The Morgan fingerprint density at radius 2 is 1.10 bits per heavy atom. The molecular weight excluding hydrogens is 356 g/mol. The van der Waals surface area contributed by atoms with Gasteiger partial charge in [-0.3, -0.25) is 0 Å². The Hall–Kier alpha value is -3.85. The highest BCUT2D eigenvalue weighted by molar-refractivity contribution is 5.78. The molecule has 0 amide bonds. The average molecular weight is 376 g/mol. The summed E-state index contributed by atoms with van der Waals surface area (Å²) < 4.78 is 2.21. The van der Waals surface area contributed by atoms with E-state index in [9.17, 15) is 5.11 Å². The number of imidazole rings is 1. The fraction of sp³-hybridized carbons (Fsp3) is 0.0385. The molecule has 0 aliphatic rings. The minimum absolute atomic E-state index is 0.215. The minimum Gasteiger partial charge on any atom is -0.508 e. The molecule has 0 unspecified atom stereocenters. The van der Waals surface area contributed by atoms with Gasteiger partial charge in [-0.25, -0.2) is 4.98 Å². The van der Waals surface area contributed by atoms with Gasteiger partial charge in [0.2, 0.25) is 0 Å². The van der Waals surface area contributed by atoms with Crippen LogP contribution in [0.25, 0.3) is 11.0 Å². The first-order valence-corrected chi connectivity index (χ1v) is 9.63. The molecule has 5 aromatic rings. The summed E-state index contributed by atoms with van der Waals surface area (Å²) in [5, 5.41) is 9.94. The van der Waals surface area contributed by atoms with Crippen LogP contribution in [0.2, 0.25) is 0 Å². The van der Waals surface area contributed by atoms with Crippen molar-refractivity contribution in [1.82, 2.24) is 9.55 Å². The van der Waals surface area contributed by atoms with Gasteiger partial charge < -0.3 is 9.67 Å². The number of nitrogens with zero attached hydrogens (tertiary/aromatic N) is 2. The molecule has 140 valence electrons. The number of fused-ring (bicyclic) bond motifs is 1. The third kappa shape index (κ3) is 2.71. The maximum Gasteiger partial charge on any atom is 0.122 e. The van der Waals surface area contributed by atoms with Crippen LogP contribution in [-0.4, -0.2) is 14.7 Å². The van der Waals surface area contributed by atoms with Crippen molar-refractivity contribution in [1.29, 1.82) is 0 Å². The molecule has 3 nitrogen and oxygen atoms in total. The zero-order valence-electron chi connectivity index (χ0n) is 15.8. The van der Waals surface area contributed by atoms with Crippen LogP contribution in [-0.2, 0) is 5.54 Å².